The van der Waals surface area contributed by atoms with E-state index in [2.05, 4.69) is 34.3 Å². The second kappa shape index (κ2) is 8.96. The molecule has 0 aliphatic rings. The average molecular weight is 374 g/mol. The zero-order chi connectivity index (χ0) is 14.1. The number of alkyl halides is 1. The van der Waals surface area contributed by atoms with Gasteiger partial charge < -0.3 is 9.47 Å². The molecule has 0 aliphatic carbocycles. The number of hydrogen-bond acceptors (Lipinski definition) is 3. The minimum Gasteiger partial charge on any atom is -0.493 e. The van der Waals surface area contributed by atoms with Crippen LogP contribution >= 0.6 is 22.6 Å². The van der Waals surface area contributed by atoms with Crippen molar-refractivity contribution in [2.24, 2.45) is 0 Å². The molecule has 0 radical (unpaired) electrons. The second-order valence-corrected chi connectivity index (χ2v) is 6.35. The van der Waals surface area contributed by atoms with Gasteiger partial charge in [0.2, 0.25) is 0 Å². The van der Waals surface area contributed by atoms with Crippen molar-refractivity contribution in [1.82, 2.24) is 0 Å². The lowest BCUT2D eigenvalue weighted by atomic mass is 10.0. The van der Waals surface area contributed by atoms with Crippen molar-refractivity contribution in [1.29, 1.82) is 0 Å². The highest BCUT2D eigenvalue weighted by molar-refractivity contribution is 14.1. The number of carbonyl (C=O) groups excluding carboxylic acids is 1. The lowest BCUT2D eigenvalue weighted by molar-refractivity contribution is -0.135. The molecule has 0 aromatic heterocycles. The Morgan fingerprint density at radius 1 is 1.32 bits per heavy atom. The van der Waals surface area contributed by atoms with Crippen LogP contribution in [0.2, 0.25) is 0 Å². The van der Waals surface area contributed by atoms with Crippen molar-refractivity contribution in [3.63, 3.8) is 0 Å². The summed E-state index contributed by atoms with van der Waals surface area (Å²) < 4.78 is 10.8. The van der Waals surface area contributed by atoms with Gasteiger partial charge in [-0.05, 0) is 18.4 Å². The van der Waals surface area contributed by atoms with Crippen LogP contribution in [0.3, 0.4) is 0 Å². The summed E-state index contributed by atoms with van der Waals surface area (Å²) in [5, 5.41) is 0. The third-order valence-electron chi connectivity index (χ3n) is 2.65. The Morgan fingerprint density at radius 3 is 2.58 bits per heavy atom. The van der Waals surface area contributed by atoms with Crippen molar-refractivity contribution in [3.8, 4) is 0 Å². The van der Waals surface area contributed by atoms with Crippen LogP contribution in [0.1, 0.15) is 31.4 Å². The number of ether oxygens (including phenoxy) is 2. The quantitative estimate of drug-likeness (QED) is 0.238. The fraction of sp³-hybridized carbons (Fsp3) is 0.400. The molecule has 0 bridgehead atoms. The standard InChI is InChI=1S/C15H19IO3/c1-12(16)8-9-14(13-6-4-3-5-7-13)19-11-10-15(17)18-2/h3-7,10-12,14H,8-9H2,1-2H3/b11-10+. The van der Waals surface area contributed by atoms with Gasteiger partial charge in [0.25, 0.3) is 0 Å². The molecule has 19 heavy (non-hydrogen) atoms. The SMILES string of the molecule is COC(=O)/C=C/OC(CCC(C)I)c1ccccc1. The predicted octanol–water partition coefficient (Wildman–Crippen LogP) is 4.03. The number of carbonyl (C=O) groups is 1. The van der Waals surface area contributed by atoms with E-state index >= 15 is 0 Å². The Labute approximate surface area is 128 Å². The largest absolute Gasteiger partial charge is 0.493 e. The first-order valence-electron chi connectivity index (χ1n) is 6.22. The van der Waals surface area contributed by atoms with Crippen molar-refractivity contribution >= 4 is 28.6 Å². The predicted molar refractivity (Wildman–Crippen MR) is 84.1 cm³/mol. The summed E-state index contributed by atoms with van der Waals surface area (Å²) >= 11 is 2.40. The second-order valence-electron chi connectivity index (χ2n) is 4.22. The van der Waals surface area contributed by atoms with Crippen LogP contribution in [0.15, 0.2) is 42.7 Å². The minimum absolute atomic E-state index is 0.0284. The molecule has 1 aromatic rings. The molecule has 104 valence electrons. The molecule has 2 atom stereocenters. The summed E-state index contributed by atoms with van der Waals surface area (Å²) in [5.74, 6) is -0.408. The van der Waals surface area contributed by atoms with Gasteiger partial charge in [-0.15, -0.1) is 0 Å². The van der Waals surface area contributed by atoms with E-state index in [1.807, 2.05) is 30.3 Å². The number of benzene rings is 1. The van der Waals surface area contributed by atoms with Crippen LogP contribution in [0.5, 0.6) is 0 Å². The Balaban J connectivity index is 2.64. The van der Waals surface area contributed by atoms with Crippen LogP contribution < -0.4 is 0 Å². The zero-order valence-electron chi connectivity index (χ0n) is 11.2. The van der Waals surface area contributed by atoms with Crippen molar-refractivity contribution in [2.45, 2.75) is 29.8 Å². The van der Waals surface area contributed by atoms with Crippen LogP contribution in [0.25, 0.3) is 0 Å². The van der Waals surface area contributed by atoms with Crippen LogP contribution in [0.4, 0.5) is 0 Å². The van der Waals surface area contributed by atoms with Gasteiger partial charge in [0, 0.05) is 3.92 Å². The van der Waals surface area contributed by atoms with Crippen molar-refractivity contribution in [3.05, 3.63) is 48.2 Å². The molecule has 0 saturated carbocycles. The summed E-state index contributed by atoms with van der Waals surface area (Å²) in [6, 6.07) is 10.0. The number of halogens is 1. The summed E-state index contributed by atoms with van der Waals surface area (Å²) in [6.07, 6.45) is 4.66. The van der Waals surface area contributed by atoms with E-state index < -0.39 is 5.97 Å². The molecular formula is C15H19IO3. The highest BCUT2D eigenvalue weighted by Gasteiger charge is 2.12. The minimum atomic E-state index is -0.408. The lowest BCUT2D eigenvalue weighted by Crippen LogP contribution is -2.04. The van der Waals surface area contributed by atoms with E-state index in [0.717, 1.165) is 18.4 Å². The molecule has 1 rings (SSSR count). The summed E-state index contributed by atoms with van der Waals surface area (Å²) in [4.78, 5) is 11.0. The van der Waals surface area contributed by atoms with Gasteiger partial charge >= 0.3 is 5.97 Å². The Hall–Kier alpha value is -1.04. The first-order valence-corrected chi connectivity index (χ1v) is 7.47. The first-order chi connectivity index (χ1) is 9.13. The number of rotatable bonds is 7. The van der Waals surface area contributed by atoms with Crippen LogP contribution in [-0.2, 0) is 14.3 Å². The Bertz CT molecular complexity index is 401. The number of esters is 1. The molecule has 0 amide bonds. The third-order valence-corrected chi connectivity index (χ3v) is 3.27. The molecule has 1 aromatic carbocycles. The Kier molecular flexibility index (Phi) is 7.55. The topological polar surface area (TPSA) is 35.5 Å². The van der Waals surface area contributed by atoms with Gasteiger partial charge in [-0.25, -0.2) is 4.79 Å². The van der Waals surface area contributed by atoms with Gasteiger partial charge in [0.05, 0.1) is 19.4 Å². The summed E-state index contributed by atoms with van der Waals surface area (Å²) in [5.41, 5.74) is 1.12. The zero-order valence-corrected chi connectivity index (χ0v) is 13.4. The fourth-order valence-electron chi connectivity index (χ4n) is 1.62. The lowest BCUT2D eigenvalue weighted by Gasteiger charge is -2.17. The molecule has 0 N–H and O–H groups in total. The monoisotopic (exact) mass is 374 g/mol. The van der Waals surface area contributed by atoms with Crippen molar-refractivity contribution in [2.75, 3.05) is 7.11 Å². The maximum absolute atomic E-state index is 11.0. The molecule has 3 nitrogen and oxygen atoms in total. The van der Waals surface area contributed by atoms with Gasteiger partial charge in [-0.3, -0.25) is 0 Å². The molecule has 4 heteroatoms. The third kappa shape index (κ3) is 6.61. The van der Waals surface area contributed by atoms with E-state index in [1.165, 1.54) is 19.4 Å². The van der Waals surface area contributed by atoms with E-state index in [1.54, 1.807) is 0 Å². The summed E-state index contributed by atoms with van der Waals surface area (Å²) in [7, 11) is 1.35. The van der Waals surface area contributed by atoms with Crippen LogP contribution in [-0.4, -0.2) is 17.0 Å². The van der Waals surface area contributed by atoms with Crippen molar-refractivity contribution < 1.29 is 14.3 Å². The molecule has 0 fully saturated rings. The molecule has 0 saturated heterocycles. The van der Waals surface area contributed by atoms with Gasteiger partial charge in [-0.2, -0.15) is 0 Å². The highest BCUT2D eigenvalue weighted by atomic mass is 127. The highest BCUT2D eigenvalue weighted by Crippen LogP contribution is 2.25. The number of hydrogen-bond donors (Lipinski definition) is 0. The van der Waals surface area contributed by atoms with Gasteiger partial charge in [-0.1, -0.05) is 59.8 Å². The summed E-state index contributed by atoms with van der Waals surface area (Å²) in [6.45, 7) is 2.17. The van der Waals surface area contributed by atoms with E-state index in [0.29, 0.717) is 3.92 Å². The van der Waals surface area contributed by atoms with Crippen LogP contribution in [0, 0.1) is 0 Å². The normalized spacial score (nSPS) is 14.1. The molecule has 0 heterocycles. The molecular weight excluding hydrogens is 355 g/mol. The fourth-order valence-corrected chi connectivity index (χ4v) is 1.98. The first kappa shape index (κ1) is 16.0. The van der Waals surface area contributed by atoms with Gasteiger partial charge in [0.1, 0.15) is 6.10 Å². The smallest absolute Gasteiger partial charge is 0.333 e. The molecule has 0 aliphatic heterocycles. The number of methoxy groups -OCH3 is 1. The van der Waals surface area contributed by atoms with Gasteiger partial charge in [0.15, 0.2) is 0 Å². The molecule has 0 spiro atoms. The maximum atomic E-state index is 11.0. The van der Waals surface area contributed by atoms with E-state index in [4.69, 9.17) is 4.74 Å². The maximum Gasteiger partial charge on any atom is 0.333 e. The Morgan fingerprint density at radius 2 is 2.00 bits per heavy atom. The van der Waals surface area contributed by atoms with E-state index in [-0.39, 0.29) is 6.10 Å². The molecule has 2 unspecified atom stereocenters. The average Bonchev–Trinajstić information content (AvgIpc) is 2.43. The van der Waals surface area contributed by atoms with E-state index in [9.17, 15) is 4.79 Å².